The van der Waals surface area contributed by atoms with Gasteiger partial charge in [0.1, 0.15) is 0 Å². The minimum Gasteiger partial charge on any atom is -0.494 e. The van der Waals surface area contributed by atoms with Crippen molar-refractivity contribution >= 4 is 0 Å². The number of aromatic hydroxyl groups is 1. The standard InChI is InChI=1S/C12H13N3O3/c1-8-10(16)14-12(18)15(11(8)17)7-4-9-2-5-13-6-3-9/h2-3,5-6,17H,4,7H2,1H3,(H,14,16,18). The molecule has 0 spiro atoms. The molecule has 2 N–H and O–H groups in total. The molecule has 0 fully saturated rings. The highest BCUT2D eigenvalue weighted by atomic mass is 16.3. The molecule has 2 aromatic rings. The lowest BCUT2D eigenvalue weighted by atomic mass is 10.2. The first-order chi connectivity index (χ1) is 8.59. The van der Waals surface area contributed by atoms with Crippen LogP contribution in [0.5, 0.6) is 5.88 Å². The van der Waals surface area contributed by atoms with E-state index in [2.05, 4.69) is 9.97 Å². The molecule has 2 heterocycles. The lowest BCUT2D eigenvalue weighted by Gasteiger charge is -2.09. The van der Waals surface area contributed by atoms with E-state index in [-0.39, 0.29) is 11.4 Å². The van der Waals surface area contributed by atoms with Crippen molar-refractivity contribution in [2.45, 2.75) is 19.9 Å². The van der Waals surface area contributed by atoms with Gasteiger partial charge in [-0.2, -0.15) is 0 Å². The summed E-state index contributed by atoms with van der Waals surface area (Å²) < 4.78 is 1.15. The van der Waals surface area contributed by atoms with Gasteiger partial charge in [0.25, 0.3) is 5.56 Å². The second kappa shape index (κ2) is 4.87. The van der Waals surface area contributed by atoms with Gasteiger partial charge in [0.05, 0.1) is 5.56 Å². The molecule has 2 rings (SSSR count). The summed E-state index contributed by atoms with van der Waals surface area (Å²) in [7, 11) is 0. The summed E-state index contributed by atoms with van der Waals surface area (Å²) in [6, 6.07) is 3.67. The second-order valence-electron chi connectivity index (χ2n) is 3.96. The summed E-state index contributed by atoms with van der Waals surface area (Å²) in [6.07, 6.45) is 3.90. The zero-order chi connectivity index (χ0) is 13.1. The van der Waals surface area contributed by atoms with Gasteiger partial charge in [0, 0.05) is 18.9 Å². The van der Waals surface area contributed by atoms with Gasteiger partial charge < -0.3 is 5.11 Å². The Kier molecular flexibility index (Phi) is 3.27. The molecule has 18 heavy (non-hydrogen) atoms. The van der Waals surface area contributed by atoms with Crippen LogP contribution < -0.4 is 11.2 Å². The van der Waals surface area contributed by atoms with Gasteiger partial charge in [-0.15, -0.1) is 0 Å². The third-order valence-corrected chi connectivity index (χ3v) is 2.77. The van der Waals surface area contributed by atoms with Gasteiger partial charge in [0.2, 0.25) is 5.88 Å². The molecule has 0 aliphatic rings. The van der Waals surface area contributed by atoms with Crippen LogP contribution in [-0.4, -0.2) is 19.6 Å². The van der Waals surface area contributed by atoms with E-state index in [9.17, 15) is 14.7 Å². The van der Waals surface area contributed by atoms with Gasteiger partial charge in [-0.1, -0.05) is 0 Å². The Labute approximate surface area is 103 Å². The lowest BCUT2D eigenvalue weighted by molar-refractivity contribution is 0.395. The summed E-state index contributed by atoms with van der Waals surface area (Å²) in [5, 5.41) is 9.77. The third-order valence-electron chi connectivity index (χ3n) is 2.77. The largest absolute Gasteiger partial charge is 0.494 e. The van der Waals surface area contributed by atoms with Crippen molar-refractivity contribution in [1.29, 1.82) is 0 Å². The molecule has 0 aliphatic carbocycles. The molecule has 0 amide bonds. The van der Waals surface area contributed by atoms with E-state index in [1.54, 1.807) is 12.4 Å². The van der Waals surface area contributed by atoms with Crippen LogP contribution in [0.25, 0.3) is 0 Å². The van der Waals surface area contributed by atoms with E-state index in [1.807, 2.05) is 12.1 Å². The number of nitrogens with one attached hydrogen (secondary N) is 1. The van der Waals surface area contributed by atoms with E-state index >= 15 is 0 Å². The third kappa shape index (κ3) is 2.32. The fourth-order valence-corrected chi connectivity index (χ4v) is 1.66. The highest BCUT2D eigenvalue weighted by molar-refractivity contribution is 5.20. The fraction of sp³-hybridized carbons (Fsp3) is 0.250. The number of rotatable bonds is 3. The second-order valence-corrected chi connectivity index (χ2v) is 3.96. The summed E-state index contributed by atoms with van der Waals surface area (Å²) >= 11 is 0. The first-order valence-corrected chi connectivity index (χ1v) is 5.51. The molecule has 94 valence electrons. The average Bonchev–Trinajstić information content (AvgIpc) is 2.37. The summed E-state index contributed by atoms with van der Waals surface area (Å²) in [5.41, 5.74) is -0.0145. The van der Waals surface area contributed by atoms with Crippen LogP contribution in [-0.2, 0) is 13.0 Å². The Balaban J connectivity index is 2.28. The van der Waals surface area contributed by atoms with Crippen LogP contribution in [0.3, 0.4) is 0 Å². The Bertz CT molecular complexity index is 659. The van der Waals surface area contributed by atoms with E-state index in [0.29, 0.717) is 13.0 Å². The van der Waals surface area contributed by atoms with E-state index < -0.39 is 11.2 Å². The lowest BCUT2D eigenvalue weighted by Crippen LogP contribution is -2.31. The molecule has 2 aromatic heterocycles. The highest BCUT2D eigenvalue weighted by Gasteiger charge is 2.09. The van der Waals surface area contributed by atoms with Crippen molar-refractivity contribution in [3.63, 3.8) is 0 Å². The number of aryl methyl sites for hydroxylation is 1. The van der Waals surface area contributed by atoms with E-state index in [4.69, 9.17) is 0 Å². The summed E-state index contributed by atoms with van der Waals surface area (Å²) in [4.78, 5) is 28.9. The van der Waals surface area contributed by atoms with Gasteiger partial charge in [-0.05, 0) is 31.0 Å². The maximum Gasteiger partial charge on any atom is 0.331 e. The van der Waals surface area contributed by atoms with Crippen molar-refractivity contribution in [3.05, 3.63) is 56.5 Å². The van der Waals surface area contributed by atoms with Crippen molar-refractivity contribution < 1.29 is 5.11 Å². The van der Waals surface area contributed by atoms with Crippen molar-refractivity contribution in [2.24, 2.45) is 0 Å². The SMILES string of the molecule is Cc1c(O)n(CCc2ccncc2)c(=O)[nH]c1=O. The molecule has 0 radical (unpaired) electrons. The molecule has 0 atom stereocenters. The predicted octanol–water partition coefficient (Wildman–Crippen LogP) is 0.188. The normalized spacial score (nSPS) is 10.5. The number of aromatic nitrogens is 3. The number of nitrogens with zero attached hydrogens (tertiary/aromatic N) is 2. The Morgan fingerprint density at radius 2 is 2.00 bits per heavy atom. The molecule has 0 saturated heterocycles. The number of hydrogen-bond donors (Lipinski definition) is 2. The Morgan fingerprint density at radius 3 is 2.67 bits per heavy atom. The van der Waals surface area contributed by atoms with Gasteiger partial charge in [0.15, 0.2) is 0 Å². The first-order valence-electron chi connectivity index (χ1n) is 5.51. The average molecular weight is 247 g/mol. The van der Waals surface area contributed by atoms with E-state index in [1.165, 1.54) is 6.92 Å². The topological polar surface area (TPSA) is 88.0 Å². The maximum atomic E-state index is 11.6. The van der Waals surface area contributed by atoms with Crippen molar-refractivity contribution in [2.75, 3.05) is 0 Å². The molecule has 0 aliphatic heterocycles. The van der Waals surface area contributed by atoms with Crippen molar-refractivity contribution in [3.8, 4) is 5.88 Å². The Hall–Kier alpha value is -2.37. The summed E-state index contributed by atoms with van der Waals surface area (Å²) in [6.45, 7) is 1.77. The molecule has 0 unspecified atom stereocenters. The first kappa shape index (κ1) is 12.1. The van der Waals surface area contributed by atoms with Crippen LogP contribution in [0.1, 0.15) is 11.1 Å². The molecule has 6 nitrogen and oxygen atoms in total. The minimum atomic E-state index is -0.600. The maximum absolute atomic E-state index is 11.6. The van der Waals surface area contributed by atoms with Crippen LogP contribution in [0.4, 0.5) is 0 Å². The predicted molar refractivity (Wildman–Crippen MR) is 65.7 cm³/mol. The molecular weight excluding hydrogens is 234 g/mol. The molecule has 0 bridgehead atoms. The Morgan fingerprint density at radius 1 is 1.33 bits per heavy atom. The highest BCUT2D eigenvalue weighted by Crippen LogP contribution is 2.09. The zero-order valence-corrected chi connectivity index (χ0v) is 9.88. The molecular formula is C12H13N3O3. The van der Waals surface area contributed by atoms with E-state index in [0.717, 1.165) is 10.1 Å². The van der Waals surface area contributed by atoms with Crippen LogP contribution in [0.2, 0.25) is 0 Å². The van der Waals surface area contributed by atoms with Gasteiger partial charge in [-0.25, -0.2) is 4.79 Å². The van der Waals surface area contributed by atoms with Gasteiger partial charge in [-0.3, -0.25) is 19.3 Å². The van der Waals surface area contributed by atoms with Crippen molar-refractivity contribution in [1.82, 2.24) is 14.5 Å². The molecule has 6 heteroatoms. The fourth-order valence-electron chi connectivity index (χ4n) is 1.66. The van der Waals surface area contributed by atoms with Crippen LogP contribution in [0, 0.1) is 6.92 Å². The minimum absolute atomic E-state index is 0.143. The monoisotopic (exact) mass is 247 g/mol. The number of hydrogen-bond acceptors (Lipinski definition) is 4. The van der Waals surface area contributed by atoms with Crippen LogP contribution >= 0.6 is 0 Å². The number of H-pyrrole nitrogens is 1. The number of pyridine rings is 1. The smallest absolute Gasteiger partial charge is 0.331 e. The van der Waals surface area contributed by atoms with Gasteiger partial charge >= 0.3 is 5.69 Å². The molecule has 0 aromatic carbocycles. The zero-order valence-electron chi connectivity index (χ0n) is 9.88. The summed E-state index contributed by atoms with van der Waals surface area (Å²) in [5.74, 6) is -0.280. The number of aromatic amines is 1. The molecule has 0 saturated carbocycles. The van der Waals surface area contributed by atoms with Crippen LogP contribution in [0.15, 0.2) is 34.1 Å². The quantitative estimate of drug-likeness (QED) is 0.810.